The number of nitrogens with one attached hydrogen (secondary N) is 2. The maximum absolute atomic E-state index is 12.2. The molecule has 6 nitrogen and oxygen atoms in total. The SMILES string of the molecule is COc1cccc(C2SC(C)C(=O)Nc3n[nH]c(C)c32)c1OC. The molecule has 1 aromatic carbocycles. The summed E-state index contributed by atoms with van der Waals surface area (Å²) in [6.45, 7) is 3.85. The highest BCUT2D eigenvalue weighted by Gasteiger charge is 2.34. The molecule has 0 aliphatic carbocycles. The third kappa shape index (κ3) is 2.65. The highest BCUT2D eigenvalue weighted by Crippen LogP contribution is 2.49. The van der Waals surface area contributed by atoms with E-state index in [2.05, 4.69) is 15.5 Å². The smallest absolute Gasteiger partial charge is 0.238 e. The number of nitrogens with zero attached hydrogens (tertiary/aromatic N) is 1. The normalized spacial score (nSPS) is 20.4. The third-order valence-electron chi connectivity index (χ3n) is 3.92. The van der Waals surface area contributed by atoms with Gasteiger partial charge in [-0.05, 0) is 19.9 Å². The zero-order valence-corrected chi connectivity index (χ0v) is 14.3. The lowest BCUT2D eigenvalue weighted by Crippen LogP contribution is -2.21. The van der Waals surface area contributed by atoms with Crippen molar-refractivity contribution in [2.24, 2.45) is 0 Å². The summed E-state index contributed by atoms with van der Waals surface area (Å²) in [6, 6.07) is 5.79. The Balaban J connectivity index is 2.18. The van der Waals surface area contributed by atoms with Gasteiger partial charge in [0, 0.05) is 16.8 Å². The van der Waals surface area contributed by atoms with Crippen molar-refractivity contribution in [3.63, 3.8) is 0 Å². The molecule has 0 saturated heterocycles. The minimum Gasteiger partial charge on any atom is -0.493 e. The zero-order chi connectivity index (χ0) is 16.6. The molecule has 0 fully saturated rings. The zero-order valence-electron chi connectivity index (χ0n) is 13.5. The van der Waals surface area contributed by atoms with Crippen LogP contribution in [0.15, 0.2) is 18.2 Å². The van der Waals surface area contributed by atoms with Crippen LogP contribution in [-0.4, -0.2) is 35.6 Å². The fourth-order valence-corrected chi connectivity index (χ4v) is 4.10. The third-order valence-corrected chi connectivity index (χ3v) is 5.31. The van der Waals surface area contributed by atoms with Gasteiger partial charge in [-0.25, -0.2) is 0 Å². The lowest BCUT2D eigenvalue weighted by Gasteiger charge is -2.21. The summed E-state index contributed by atoms with van der Waals surface area (Å²) in [7, 11) is 3.24. The lowest BCUT2D eigenvalue weighted by atomic mass is 10.0. The molecule has 3 rings (SSSR count). The quantitative estimate of drug-likeness (QED) is 0.903. The van der Waals surface area contributed by atoms with E-state index in [4.69, 9.17) is 9.47 Å². The molecule has 0 bridgehead atoms. The van der Waals surface area contributed by atoms with E-state index in [0.717, 1.165) is 16.8 Å². The molecule has 1 aliphatic heterocycles. The van der Waals surface area contributed by atoms with Crippen LogP contribution in [0.5, 0.6) is 11.5 Å². The molecule has 1 aliphatic rings. The maximum atomic E-state index is 12.2. The number of carbonyl (C=O) groups is 1. The molecule has 2 unspecified atom stereocenters. The van der Waals surface area contributed by atoms with Crippen molar-refractivity contribution in [1.29, 1.82) is 0 Å². The van der Waals surface area contributed by atoms with Crippen LogP contribution in [0.25, 0.3) is 0 Å². The summed E-state index contributed by atoms with van der Waals surface area (Å²) < 4.78 is 11.0. The first-order valence-corrected chi connectivity index (χ1v) is 8.23. The topological polar surface area (TPSA) is 76.2 Å². The molecule has 0 radical (unpaired) electrons. The van der Waals surface area contributed by atoms with E-state index in [9.17, 15) is 4.79 Å². The average molecular weight is 333 g/mol. The molecule has 7 heteroatoms. The number of anilines is 1. The number of hydrogen-bond donors (Lipinski definition) is 2. The van der Waals surface area contributed by atoms with Gasteiger partial charge in [-0.2, -0.15) is 5.10 Å². The van der Waals surface area contributed by atoms with Gasteiger partial charge in [0.2, 0.25) is 5.91 Å². The first-order valence-electron chi connectivity index (χ1n) is 7.28. The number of para-hydroxylation sites is 1. The Morgan fingerprint density at radius 3 is 2.74 bits per heavy atom. The summed E-state index contributed by atoms with van der Waals surface area (Å²) in [6.07, 6.45) is 0. The molecule has 122 valence electrons. The second-order valence-corrected chi connectivity index (χ2v) is 6.79. The molecule has 1 aromatic heterocycles. The molecule has 2 aromatic rings. The van der Waals surface area contributed by atoms with E-state index in [1.165, 1.54) is 0 Å². The van der Waals surface area contributed by atoms with Crippen LogP contribution in [0.1, 0.15) is 29.0 Å². The van der Waals surface area contributed by atoms with Gasteiger partial charge < -0.3 is 14.8 Å². The van der Waals surface area contributed by atoms with Gasteiger partial charge in [-0.1, -0.05) is 12.1 Å². The molecule has 2 atom stereocenters. The minimum absolute atomic E-state index is 0.0490. The number of rotatable bonds is 3. The van der Waals surface area contributed by atoms with E-state index < -0.39 is 0 Å². The molecule has 0 saturated carbocycles. The van der Waals surface area contributed by atoms with Crippen molar-refractivity contribution in [2.45, 2.75) is 24.3 Å². The van der Waals surface area contributed by atoms with Crippen LogP contribution in [0.2, 0.25) is 0 Å². The van der Waals surface area contributed by atoms with Crippen molar-refractivity contribution in [2.75, 3.05) is 19.5 Å². The Bertz CT molecular complexity index is 744. The van der Waals surface area contributed by atoms with Crippen LogP contribution in [-0.2, 0) is 4.79 Å². The van der Waals surface area contributed by atoms with E-state index >= 15 is 0 Å². The molecule has 2 N–H and O–H groups in total. The molecule has 2 heterocycles. The number of benzene rings is 1. The molecule has 23 heavy (non-hydrogen) atoms. The van der Waals surface area contributed by atoms with Gasteiger partial charge in [0.15, 0.2) is 17.3 Å². The summed E-state index contributed by atoms with van der Waals surface area (Å²) in [5.41, 5.74) is 2.86. The number of aryl methyl sites for hydroxylation is 1. The Labute approximate surface area is 138 Å². The van der Waals surface area contributed by atoms with Crippen LogP contribution in [0.3, 0.4) is 0 Å². The Kier molecular flexibility index (Phi) is 4.21. The second kappa shape index (κ2) is 6.16. The number of hydrogen-bond acceptors (Lipinski definition) is 5. The molecular weight excluding hydrogens is 314 g/mol. The average Bonchev–Trinajstić information content (AvgIpc) is 2.85. The van der Waals surface area contributed by atoms with Crippen LogP contribution in [0, 0.1) is 6.92 Å². The summed E-state index contributed by atoms with van der Waals surface area (Å²) >= 11 is 1.57. The molecule has 0 spiro atoms. The summed E-state index contributed by atoms with van der Waals surface area (Å²) in [5, 5.41) is 9.79. The second-order valence-electron chi connectivity index (χ2n) is 5.34. The monoisotopic (exact) mass is 333 g/mol. The van der Waals surface area contributed by atoms with Crippen LogP contribution >= 0.6 is 11.8 Å². The Morgan fingerprint density at radius 1 is 1.26 bits per heavy atom. The number of thioether (sulfide) groups is 1. The summed E-state index contributed by atoms with van der Waals surface area (Å²) in [5.74, 6) is 1.89. The van der Waals surface area contributed by atoms with Gasteiger partial charge in [0.1, 0.15) is 0 Å². The van der Waals surface area contributed by atoms with E-state index in [0.29, 0.717) is 17.3 Å². The standard InChI is InChI=1S/C16H19N3O3S/c1-8-12-14(10-6-5-7-11(21-3)13(10)22-4)23-9(2)16(20)17-15(12)19-18-8/h5-7,9,14H,1-4H3,(H2,17,18,19,20). The first-order chi connectivity index (χ1) is 11.1. The maximum Gasteiger partial charge on any atom is 0.238 e. The number of H-pyrrole nitrogens is 1. The van der Waals surface area contributed by atoms with Gasteiger partial charge in [0.05, 0.1) is 24.7 Å². The number of amides is 1. The van der Waals surface area contributed by atoms with Crippen LogP contribution < -0.4 is 14.8 Å². The predicted molar refractivity (Wildman–Crippen MR) is 90.4 cm³/mol. The van der Waals surface area contributed by atoms with Crippen molar-refractivity contribution >= 4 is 23.5 Å². The van der Waals surface area contributed by atoms with Crippen molar-refractivity contribution in [3.8, 4) is 11.5 Å². The Morgan fingerprint density at radius 2 is 2.04 bits per heavy atom. The summed E-state index contributed by atoms with van der Waals surface area (Å²) in [4.78, 5) is 12.2. The van der Waals surface area contributed by atoms with E-state index in [1.807, 2.05) is 32.0 Å². The minimum atomic E-state index is -0.204. The lowest BCUT2D eigenvalue weighted by molar-refractivity contribution is -0.115. The molecule has 1 amide bonds. The van der Waals surface area contributed by atoms with Gasteiger partial charge in [0.25, 0.3) is 0 Å². The fraction of sp³-hybridized carbons (Fsp3) is 0.375. The van der Waals surface area contributed by atoms with Gasteiger partial charge in [-0.3, -0.25) is 9.89 Å². The first kappa shape index (κ1) is 15.7. The molecular formula is C16H19N3O3S. The Hall–Kier alpha value is -2.15. The van der Waals surface area contributed by atoms with Crippen molar-refractivity contribution in [3.05, 3.63) is 35.0 Å². The highest BCUT2D eigenvalue weighted by atomic mass is 32.2. The largest absolute Gasteiger partial charge is 0.493 e. The van der Waals surface area contributed by atoms with E-state index in [-0.39, 0.29) is 16.4 Å². The number of methoxy groups -OCH3 is 2. The fourth-order valence-electron chi connectivity index (χ4n) is 2.75. The number of ether oxygens (including phenoxy) is 2. The van der Waals surface area contributed by atoms with Crippen LogP contribution in [0.4, 0.5) is 5.82 Å². The van der Waals surface area contributed by atoms with E-state index in [1.54, 1.807) is 26.0 Å². The highest BCUT2D eigenvalue weighted by molar-refractivity contribution is 8.01. The van der Waals surface area contributed by atoms with Crippen molar-refractivity contribution < 1.29 is 14.3 Å². The van der Waals surface area contributed by atoms with Crippen molar-refractivity contribution in [1.82, 2.24) is 10.2 Å². The number of carbonyl (C=O) groups excluding carboxylic acids is 1. The predicted octanol–water partition coefficient (Wildman–Crippen LogP) is 2.90. The number of aromatic amines is 1. The van der Waals surface area contributed by atoms with Gasteiger partial charge in [-0.15, -0.1) is 11.8 Å². The van der Waals surface area contributed by atoms with Gasteiger partial charge >= 0.3 is 0 Å². The number of aromatic nitrogens is 2. The number of fused-ring (bicyclic) bond motifs is 1.